The van der Waals surface area contributed by atoms with Crippen molar-refractivity contribution in [1.29, 1.82) is 0 Å². The van der Waals surface area contributed by atoms with E-state index >= 15 is 0 Å². The molecule has 0 saturated heterocycles. The number of alkyl halides is 1. The van der Waals surface area contributed by atoms with E-state index in [1.165, 1.54) is 5.56 Å². The van der Waals surface area contributed by atoms with Crippen molar-refractivity contribution in [3.8, 4) is 0 Å². The molecule has 0 aromatic heterocycles. The molecule has 0 fully saturated rings. The zero-order chi connectivity index (χ0) is 12.2. The molecule has 16 heavy (non-hydrogen) atoms. The van der Waals surface area contributed by atoms with Gasteiger partial charge in [0.1, 0.15) is 0 Å². The third kappa shape index (κ3) is 3.84. The van der Waals surface area contributed by atoms with Gasteiger partial charge in [-0.15, -0.1) is 11.6 Å². The molecular formula is C13H17Cl3. The summed E-state index contributed by atoms with van der Waals surface area (Å²) in [6, 6.07) is 5.80. The molecular weight excluding hydrogens is 263 g/mol. The lowest BCUT2D eigenvalue weighted by molar-refractivity contribution is 0.335. The molecule has 1 atom stereocenters. The average Bonchev–Trinajstić information content (AvgIpc) is 2.24. The van der Waals surface area contributed by atoms with Gasteiger partial charge in [0, 0.05) is 5.88 Å². The number of rotatable bonds is 5. The van der Waals surface area contributed by atoms with Crippen LogP contribution in [0.15, 0.2) is 18.2 Å². The maximum Gasteiger partial charge on any atom is 0.0595 e. The first-order valence-corrected chi connectivity index (χ1v) is 6.80. The molecule has 90 valence electrons. The van der Waals surface area contributed by atoms with Crippen LogP contribution in [0, 0.1) is 5.41 Å². The molecule has 0 amide bonds. The van der Waals surface area contributed by atoms with Gasteiger partial charge in [-0.05, 0) is 36.0 Å². The molecule has 0 aliphatic rings. The van der Waals surface area contributed by atoms with Crippen molar-refractivity contribution in [2.24, 2.45) is 5.41 Å². The maximum atomic E-state index is 6.05. The second-order valence-corrected chi connectivity index (χ2v) is 5.70. The van der Waals surface area contributed by atoms with Crippen LogP contribution in [-0.4, -0.2) is 5.88 Å². The maximum absolute atomic E-state index is 6.05. The Morgan fingerprint density at radius 3 is 2.38 bits per heavy atom. The Hall–Kier alpha value is 0.0900. The minimum absolute atomic E-state index is 0.146. The summed E-state index contributed by atoms with van der Waals surface area (Å²) in [5, 5.41) is 1.22. The molecule has 0 nitrogen and oxygen atoms in total. The van der Waals surface area contributed by atoms with E-state index in [1.54, 1.807) is 0 Å². The second-order valence-electron chi connectivity index (χ2n) is 4.62. The summed E-state index contributed by atoms with van der Waals surface area (Å²) in [5.74, 6) is 0.668. The van der Waals surface area contributed by atoms with Crippen molar-refractivity contribution in [2.75, 3.05) is 5.88 Å². The minimum atomic E-state index is 0.146. The van der Waals surface area contributed by atoms with E-state index in [1.807, 2.05) is 18.2 Å². The Morgan fingerprint density at radius 1 is 1.19 bits per heavy atom. The molecule has 0 heterocycles. The Morgan fingerprint density at radius 2 is 1.88 bits per heavy atom. The Labute approximate surface area is 113 Å². The van der Waals surface area contributed by atoms with Gasteiger partial charge in [0.15, 0.2) is 0 Å². The first kappa shape index (κ1) is 14.2. The van der Waals surface area contributed by atoms with Crippen molar-refractivity contribution in [3.63, 3.8) is 0 Å². The highest BCUT2D eigenvalue weighted by atomic mass is 35.5. The number of benzene rings is 1. The standard InChI is InChI=1S/C13H17Cl3/c1-3-6-13(2,9-14)8-10-4-5-11(15)12(16)7-10/h4-5,7H,3,6,8-9H2,1-2H3. The molecule has 1 aromatic carbocycles. The Kier molecular flexibility index (Phi) is 5.43. The van der Waals surface area contributed by atoms with Crippen LogP contribution in [0.5, 0.6) is 0 Å². The van der Waals surface area contributed by atoms with E-state index in [2.05, 4.69) is 13.8 Å². The molecule has 0 spiro atoms. The number of hydrogen-bond donors (Lipinski definition) is 0. The van der Waals surface area contributed by atoms with Gasteiger partial charge in [-0.2, -0.15) is 0 Å². The summed E-state index contributed by atoms with van der Waals surface area (Å²) in [4.78, 5) is 0. The highest BCUT2D eigenvalue weighted by Gasteiger charge is 2.22. The van der Waals surface area contributed by atoms with Crippen LogP contribution >= 0.6 is 34.8 Å². The van der Waals surface area contributed by atoms with Crippen molar-refractivity contribution in [3.05, 3.63) is 33.8 Å². The van der Waals surface area contributed by atoms with Crippen LogP contribution < -0.4 is 0 Å². The van der Waals surface area contributed by atoms with Gasteiger partial charge >= 0.3 is 0 Å². The summed E-state index contributed by atoms with van der Waals surface area (Å²) >= 11 is 17.9. The summed E-state index contributed by atoms with van der Waals surface area (Å²) in [6.45, 7) is 4.39. The normalized spacial score (nSPS) is 14.8. The van der Waals surface area contributed by atoms with E-state index in [4.69, 9.17) is 34.8 Å². The van der Waals surface area contributed by atoms with Crippen molar-refractivity contribution >= 4 is 34.8 Å². The lowest BCUT2D eigenvalue weighted by atomic mass is 9.81. The molecule has 0 aliphatic carbocycles. The highest BCUT2D eigenvalue weighted by molar-refractivity contribution is 6.42. The third-order valence-corrected chi connectivity index (χ3v) is 4.18. The number of halogens is 3. The van der Waals surface area contributed by atoms with E-state index < -0.39 is 0 Å². The topological polar surface area (TPSA) is 0 Å². The van der Waals surface area contributed by atoms with Crippen LogP contribution in [0.1, 0.15) is 32.3 Å². The summed E-state index contributed by atoms with van der Waals surface area (Å²) < 4.78 is 0. The van der Waals surface area contributed by atoms with Crippen LogP contribution in [-0.2, 0) is 6.42 Å². The monoisotopic (exact) mass is 278 g/mol. The molecule has 3 heteroatoms. The lowest BCUT2D eigenvalue weighted by Gasteiger charge is -2.26. The summed E-state index contributed by atoms with van der Waals surface area (Å²) in [5.41, 5.74) is 1.35. The summed E-state index contributed by atoms with van der Waals surface area (Å²) in [6.07, 6.45) is 3.21. The van der Waals surface area contributed by atoms with Crippen molar-refractivity contribution < 1.29 is 0 Å². The predicted octanol–water partition coefficient (Wildman–Crippen LogP) is 5.58. The van der Waals surface area contributed by atoms with Gasteiger partial charge in [-0.3, -0.25) is 0 Å². The smallest absolute Gasteiger partial charge is 0.0595 e. The molecule has 0 saturated carbocycles. The molecule has 1 rings (SSSR count). The molecule has 0 aliphatic heterocycles. The first-order chi connectivity index (χ1) is 7.50. The van der Waals surface area contributed by atoms with Gasteiger partial charge in [-0.1, -0.05) is 49.5 Å². The van der Waals surface area contributed by atoms with E-state index in [9.17, 15) is 0 Å². The van der Waals surface area contributed by atoms with Crippen molar-refractivity contribution in [2.45, 2.75) is 33.1 Å². The van der Waals surface area contributed by atoms with E-state index in [-0.39, 0.29) is 5.41 Å². The van der Waals surface area contributed by atoms with Gasteiger partial charge in [0.05, 0.1) is 10.0 Å². The molecule has 0 radical (unpaired) electrons. The zero-order valence-electron chi connectivity index (χ0n) is 9.69. The van der Waals surface area contributed by atoms with Crippen LogP contribution in [0.2, 0.25) is 10.0 Å². The fourth-order valence-electron chi connectivity index (χ4n) is 1.95. The van der Waals surface area contributed by atoms with E-state index in [0.29, 0.717) is 15.9 Å². The minimum Gasteiger partial charge on any atom is -0.126 e. The fraction of sp³-hybridized carbons (Fsp3) is 0.538. The van der Waals surface area contributed by atoms with Crippen LogP contribution in [0.25, 0.3) is 0 Å². The quantitative estimate of drug-likeness (QED) is 0.617. The largest absolute Gasteiger partial charge is 0.126 e. The lowest BCUT2D eigenvalue weighted by Crippen LogP contribution is -2.21. The Balaban J connectivity index is 2.81. The predicted molar refractivity (Wildman–Crippen MR) is 73.9 cm³/mol. The van der Waals surface area contributed by atoms with Gasteiger partial charge in [-0.25, -0.2) is 0 Å². The van der Waals surface area contributed by atoms with E-state index in [0.717, 1.165) is 19.3 Å². The fourth-order valence-corrected chi connectivity index (χ4v) is 2.50. The average molecular weight is 280 g/mol. The summed E-state index contributed by atoms with van der Waals surface area (Å²) in [7, 11) is 0. The first-order valence-electron chi connectivity index (χ1n) is 5.50. The number of hydrogen-bond acceptors (Lipinski definition) is 0. The van der Waals surface area contributed by atoms with Gasteiger partial charge < -0.3 is 0 Å². The highest BCUT2D eigenvalue weighted by Crippen LogP contribution is 2.31. The molecule has 0 N–H and O–H groups in total. The SMILES string of the molecule is CCCC(C)(CCl)Cc1ccc(Cl)c(Cl)c1. The van der Waals surface area contributed by atoms with Gasteiger partial charge in [0.2, 0.25) is 0 Å². The molecule has 1 unspecified atom stereocenters. The zero-order valence-corrected chi connectivity index (χ0v) is 12.0. The van der Waals surface area contributed by atoms with Crippen molar-refractivity contribution in [1.82, 2.24) is 0 Å². The molecule has 0 bridgehead atoms. The van der Waals surface area contributed by atoms with Gasteiger partial charge in [0.25, 0.3) is 0 Å². The third-order valence-electron chi connectivity index (χ3n) is 2.79. The van der Waals surface area contributed by atoms with Crippen LogP contribution in [0.4, 0.5) is 0 Å². The van der Waals surface area contributed by atoms with Crippen LogP contribution in [0.3, 0.4) is 0 Å². The Bertz CT molecular complexity index is 349. The second kappa shape index (κ2) is 6.14. The molecule has 1 aromatic rings.